The van der Waals surface area contributed by atoms with Gasteiger partial charge in [0.1, 0.15) is 18.1 Å². The SMILES string of the molecule is CC[C@@H](C)N(CC(=O)N(CCc1ccc(OC)c(OC)c1)Cc1ccc(C)o1)C(=O)C1CC1. The maximum atomic E-state index is 13.4. The molecule has 33 heavy (non-hydrogen) atoms. The van der Waals surface area contributed by atoms with Crippen LogP contribution in [0.3, 0.4) is 0 Å². The Morgan fingerprint density at radius 2 is 1.85 bits per heavy atom. The van der Waals surface area contributed by atoms with Crippen LogP contribution in [0.1, 0.15) is 50.2 Å². The van der Waals surface area contributed by atoms with Gasteiger partial charge in [0, 0.05) is 18.5 Å². The van der Waals surface area contributed by atoms with Crippen molar-refractivity contribution in [3.05, 3.63) is 47.4 Å². The molecule has 1 saturated carbocycles. The Balaban J connectivity index is 1.75. The number of aryl methyl sites for hydroxylation is 1. The van der Waals surface area contributed by atoms with Crippen molar-refractivity contribution in [2.24, 2.45) is 5.92 Å². The molecule has 1 aliphatic rings. The van der Waals surface area contributed by atoms with Crippen molar-refractivity contribution >= 4 is 11.8 Å². The Kier molecular flexibility index (Phi) is 8.42. The fraction of sp³-hybridized carbons (Fsp3) is 0.538. The van der Waals surface area contributed by atoms with Gasteiger partial charge in [0.2, 0.25) is 11.8 Å². The fourth-order valence-corrected chi connectivity index (χ4v) is 3.83. The lowest BCUT2D eigenvalue weighted by atomic mass is 10.1. The van der Waals surface area contributed by atoms with Crippen molar-refractivity contribution in [3.8, 4) is 11.5 Å². The monoisotopic (exact) mass is 456 g/mol. The normalized spacial score (nSPS) is 14.0. The van der Waals surface area contributed by atoms with E-state index in [0.717, 1.165) is 36.3 Å². The predicted octanol–water partition coefficient (Wildman–Crippen LogP) is 4.21. The summed E-state index contributed by atoms with van der Waals surface area (Å²) in [5.41, 5.74) is 1.04. The van der Waals surface area contributed by atoms with E-state index in [4.69, 9.17) is 13.9 Å². The highest BCUT2D eigenvalue weighted by Crippen LogP contribution is 2.32. The van der Waals surface area contributed by atoms with Gasteiger partial charge in [-0.05, 0) is 69.4 Å². The first-order chi connectivity index (χ1) is 15.9. The molecule has 1 aromatic carbocycles. The first-order valence-corrected chi connectivity index (χ1v) is 11.7. The van der Waals surface area contributed by atoms with E-state index >= 15 is 0 Å². The molecule has 1 atom stereocenters. The molecule has 180 valence electrons. The van der Waals surface area contributed by atoms with Crippen LogP contribution < -0.4 is 9.47 Å². The van der Waals surface area contributed by atoms with Gasteiger partial charge < -0.3 is 23.7 Å². The first kappa shape index (κ1) is 24.7. The molecule has 1 heterocycles. The zero-order valence-corrected chi connectivity index (χ0v) is 20.4. The highest BCUT2D eigenvalue weighted by molar-refractivity contribution is 5.87. The molecule has 0 N–H and O–H groups in total. The van der Waals surface area contributed by atoms with Gasteiger partial charge in [-0.2, -0.15) is 0 Å². The minimum atomic E-state index is -0.0705. The van der Waals surface area contributed by atoms with Crippen molar-refractivity contribution in [1.29, 1.82) is 0 Å². The Morgan fingerprint density at radius 1 is 1.12 bits per heavy atom. The summed E-state index contributed by atoms with van der Waals surface area (Å²) in [4.78, 5) is 29.8. The van der Waals surface area contributed by atoms with Gasteiger partial charge in [-0.25, -0.2) is 0 Å². The fourth-order valence-electron chi connectivity index (χ4n) is 3.83. The summed E-state index contributed by atoms with van der Waals surface area (Å²) in [6.07, 6.45) is 3.31. The van der Waals surface area contributed by atoms with Crippen LogP contribution in [0.2, 0.25) is 0 Å². The predicted molar refractivity (Wildman–Crippen MR) is 126 cm³/mol. The topological polar surface area (TPSA) is 72.2 Å². The highest BCUT2D eigenvalue weighted by atomic mass is 16.5. The number of benzene rings is 1. The second-order valence-corrected chi connectivity index (χ2v) is 8.76. The molecular formula is C26H36N2O5. The van der Waals surface area contributed by atoms with Crippen LogP contribution >= 0.6 is 0 Å². The van der Waals surface area contributed by atoms with Crippen LogP contribution in [0.4, 0.5) is 0 Å². The summed E-state index contributed by atoms with van der Waals surface area (Å²) in [6, 6.07) is 9.60. The van der Waals surface area contributed by atoms with Crippen LogP contribution in [-0.2, 0) is 22.6 Å². The average molecular weight is 457 g/mol. The van der Waals surface area contributed by atoms with Crippen molar-refractivity contribution < 1.29 is 23.5 Å². The van der Waals surface area contributed by atoms with Gasteiger partial charge in [0.25, 0.3) is 0 Å². The Hall–Kier alpha value is -2.96. The summed E-state index contributed by atoms with van der Waals surface area (Å²) in [7, 11) is 3.21. The molecule has 1 aromatic heterocycles. The molecule has 0 radical (unpaired) electrons. The number of carbonyl (C=O) groups is 2. The Bertz CT molecular complexity index is 950. The molecule has 2 aromatic rings. The lowest BCUT2D eigenvalue weighted by Gasteiger charge is -2.31. The Morgan fingerprint density at radius 3 is 2.42 bits per heavy atom. The van der Waals surface area contributed by atoms with Crippen LogP contribution in [-0.4, -0.2) is 55.0 Å². The molecule has 0 unspecified atom stereocenters. The second kappa shape index (κ2) is 11.3. The van der Waals surface area contributed by atoms with Crippen LogP contribution in [0, 0.1) is 12.8 Å². The molecule has 0 aliphatic heterocycles. The number of carbonyl (C=O) groups excluding carboxylic acids is 2. The third-order valence-electron chi connectivity index (χ3n) is 6.25. The maximum absolute atomic E-state index is 13.4. The third-order valence-corrected chi connectivity index (χ3v) is 6.25. The second-order valence-electron chi connectivity index (χ2n) is 8.76. The number of hydrogen-bond donors (Lipinski definition) is 0. The molecule has 7 nitrogen and oxygen atoms in total. The molecule has 2 amide bonds. The van der Waals surface area contributed by atoms with E-state index in [2.05, 4.69) is 0 Å². The Labute approximate surface area is 196 Å². The summed E-state index contributed by atoms with van der Waals surface area (Å²) in [5, 5.41) is 0. The van der Waals surface area contributed by atoms with E-state index in [-0.39, 0.29) is 30.3 Å². The van der Waals surface area contributed by atoms with Crippen LogP contribution in [0.5, 0.6) is 11.5 Å². The number of methoxy groups -OCH3 is 2. The number of rotatable bonds is 12. The maximum Gasteiger partial charge on any atom is 0.242 e. The quantitative estimate of drug-likeness (QED) is 0.478. The molecule has 1 fully saturated rings. The standard InChI is InChI=1S/C26H36N2O5/c1-6-18(2)28(26(30)21-9-10-21)17-25(29)27(16-22-11-7-19(3)33-22)14-13-20-8-12-23(31-4)24(15-20)32-5/h7-8,11-12,15,18,21H,6,9-10,13-14,16-17H2,1-5H3/t18-/m1/s1. The minimum Gasteiger partial charge on any atom is -0.493 e. The number of ether oxygens (including phenoxy) is 2. The molecule has 7 heteroatoms. The zero-order valence-electron chi connectivity index (χ0n) is 20.4. The third kappa shape index (κ3) is 6.53. The van der Waals surface area contributed by atoms with Gasteiger partial charge in [-0.3, -0.25) is 9.59 Å². The number of nitrogens with zero attached hydrogens (tertiary/aromatic N) is 2. The van der Waals surface area contributed by atoms with E-state index in [9.17, 15) is 9.59 Å². The van der Waals surface area contributed by atoms with Crippen molar-refractivity contribution in [3.63, 3.8) is 0 Å². The molecule has 3 rings (SSSR count). The highest BCUT2D eigenvalue weighted by Gasteiger charge is 2.36. The van der Waals surface area contributed by atoms with Crippen molar-refractivity contribution in [1.82, 2.24) is 9.80 Å². The molecule has 1 aliphatic carbocycles. The summed E-state index contributed by atoms with van der Waals surface area (Å²) >= 11 is 0. The molecule has 0 spiro atoms. The van der Waals surface area contributed by atoms with Crippen molar-refractivity contribution in [2.45, 2.75) is 59.0 Å². The smallest absolute Gasteiger partial charge is 0.242 e. The van der Waals surface area contributed by atoms with E-state index in [1.165, 1.54) is 0 Å². The van der Waals surface area contributed by atoms with Gasteiger partial charge in [0.05, 0.1) is 20.8 Å². The van der Waals surface area contributed by atoms with Gasteiger partial charge in [0.15, 0.2) is 11.5 Å². The van der Waals surface area contributed by atoms with Gasteiger partial charge in [-0.15, -0.1) is 0 Å². The lowest BCUT2D eigenvalue weighted by molar-refractivity contribution is -0.143. The zero-order chi connectivity index (χ0) is 24.0. The van der Waals surface area contributed by atoms with Crippen LogP contribution in [0.25, 0.3) is 0 Å². The minimum absolute atomic E-state index is 0.0283. The summed E-state index contributed by atoms with van der Waals surface area (Å²) in [5.74, 6) is 2.99. The van der Waals surface area contributed by atoms with E-state index in [0.29, 0.717) is 31.0 Å². The number of furan rings is 1. The molecular weight excluding hydrogens is 420 g/mol. The van der Waals surface area contributed by atoms with Crippen molar-refractivity contribution in [2.75, 3.05) is 27.3 Å². The molecule has 0 bridgehead atoms. The van der Waals surface area contributed by atoms with Gasteiger partial charge in [-0.1, -0.05) is 13.0 Å². The largest absolute Gasteiger partial charge is 0.493 e. The number of hydrogen-bond acceptors (Lipinski definition) is 5. The van der Waals surface area contributed by atoms with Gasteiger partial charge >= 0.3 is 0 Å². The average Bonchev–Trinajstić information content (AvgIpc) is 3.60. The van der Waals surface area contributed by atoms with E-state index < -0.39 is 0 Å². The summed E-state index contributed by atoms with van der Waals surface area (Å²) in [6.45, 7) is 6.90. The lowest BCUT2D eigenvalue weighted by Crippen LogP contribution is -2.47. The van der Waals surface area contributed by atoms with E-state index in [1.54, 1.807) is 24.0 Å². The first-order valence-electron chi connectivity index (χ1n) is 11.7. The van der Waals surface area contributed by atoms with E-state index in [1.807, 2.05) is 51.1 Å². The van der Waals surface area contributed by atoms with Crippen LogP contribution in [0.15, 0.2) is 34.7 Å². The summed E-state index contributed by atoms with van der Waals surface area (Å²) < 4.78 is 16.5. The molecule has 0 saturated heterocycles. The number of amides is 2.